The Bertz CT molecular complexity index is 743. The van der Waals surface area contributed by atoms with E-state index in [4.69, 9.17) is 11.6 Å². The smallest absolute Gasteiger partial charge is 0.225 e. The molecule has 0 unspecified atom stereocenters. The van der Waals surface area contributed by atoms with E-state index in [1.165, 1.54) is 0 Å². The van der Waals surface area contributed by atoms with Crippen molar-refractivity contribution in [1.82, 2.24) is 24.8 Å². The first kappa shape index (κ1) is 15.6. The van der Waals surface area contributed by atoms with Crippen LogP contribution < -0.4 is 5.32 Å². The van der Waals surface area contributed by atoms with E-state index in [1.807, 2.05) is 23.9 Å². The number of pyridine rings is 1. The number of imidazole rings is 1. The molecule has 126 valence electrons. The summed E-state index contributed by atoms with van der Waals surface area (Å²) in [6, 6.07) is 4.46. The molecule has 2 aromatic heterocycles. The SMILES string of the molecule is Cn1c(Cl)cnc1CN[C@@H]1CC(=O)N(C2CC2)[C@H]1c1cccnc1. The highest BCUT2D eigenvalue weighted by Gasteiger charge is 2.47. The van der Waals surface area contributed by atoms with Gasteiger partial charge in [0.05, 0.1) is 18.8 Å². The number of nitrogens with zero attached hydrogens (tertiary/aromatic N) is 4. The van der Waals surface area contributed by atoms with Gasteiger partial charge in [0.2, 0.25) is 5.91 Å². The summed E-state index contributed by atoms with van der Waals surface area (Å²) in [5.41, 5.74) is 1.09. The molecule has 2 fully saturated rings. The third kappa shape index (κ3) is 2.80. The maximum absolute atomic E-state index is 12.6. The number of carbonyl (C=O) groups excluding carboxylic acids is 1. The Hall–Kier alpha value is -1.92. The Labute approximate surface area is 145 Å². The Morgan fingerprint density at radius 2 is 2.21 bits per heavy atom. The van der Waals surface area contributed by atoms with Crippen molar-refractivity contribution in [3.63, 3.8) is 0 Å². The summed E-state index contributed by atoms with van der Waals surface area (Å²) in [6.07, 6.45) is 7.99. The van der Waals surface area contributed by atoms with Crippen LogP contribution >= 0.6 is 11.6 Å². The Balaban J connectivity index is 1.56. The van der Waals surface area contributed by atoms with Crippen LogP contribution in [0.25, 0.3) is 0 Å². The number of halogens is 1. The first-order chi connectivity index (χ1) is 11.6. The fraction of sp³-hybridized carbons (Fsp3) is 0.471. The summed E-state index contributed by atoms with van der Waals surface area (Å²) in [6.45, 7) is 0.580. The largest absolute Gasteiger partial charge is 0.331 e. The lowest BCUT2D eigenvalue weighted by atomic mass is 10.0. The van der Waals surface area contributed by atoms with E-state index >= 15 is 0 Å². The predicted molar refractivity (Wildman–Crippen MR) is 90.3 cm³/mol. The van der Waals surface area contributed by atoms with Crippen LogP contribution in [0.5, 0.6) is 0 Å². The molecule has 24 heavy (non-hydrogen) atoms. The van der Waals surface area contributed by atoms with E-state index in [2.05, 4.69) is 26.3 Å². The van der Waals surface area contributed by atoms with E-state index < -0.39 is 0 Å². The number of rotatable bonds is 5. The minimum Gasteiger partial charge on any atom is -0.331 e. The van der Waals surface area contributed by atoms with Gasteiger partial charge >= 0.3 is 0 Å². The van der Waals surface area contributed by atoms with Crippen molar-refractivity contribution in [3.05, 3.63) is 47.3 Å². The van der Waals surface area contributed by atoms with Crippen molar-refractivity contribution in [3.8, 4) is 0 Å². The van der Waals surface area contributed by atoms with Crippen LogP contribution in [0.15, 0.2) is 30.7 Å². The fourth-order valence-electron chi connectivity index (χ4n) is 3.48. The average molecular weight is 346 g/mol. The van der Waals surface area contributed by atoms with Crippen molar-refractivity contribution in [1.29, 1.82) is 0 Å². The van der Waals surface area contributed by atoms with E-state index in [-0.39, 0.29) is 18.0 Å². The Kier molecular flexibility index (Phi) is 4.02. The second-order valence-electron chi connectivity index (χ2n) is 6.51. The molecule has 4 rings (SSSR count). The van der Waals surface area contributed by atoms with E-state index in [0.717, 1.165) is 24.2 Å². The van der Waals surface area contributed by atoms with Gasteiger partial charge in [0.1, 0.15) is 11.0 Å². The van der Waals surface area contributed by atoms with Crippen molar-refractivity contribution in [2.24, 2.45) is 7.05 Å². The summed E-state index contributed by atoms with van der Waals surface area (Å²) in [5.74, 6) is 1.09. The summed E-state index contributed by atoms with van der Waals surface area (Å²) in [7, 11) is 1.89. The molecular weight excluding hydrogens is 326 g/mol. The van der Waals surface area contributed by atoms with Crippen LogP contribution in [-0.2, 0) is 18.4 Å². The van der Waals surface area contributed by atoms with Crippen molar-refractivity contribution in [2.45, 2.75) is 43.9 Å². The zero-order chi connectivity index (χ0) is 16.7. The number of amides is 1. The normalized spacial score (nSPS) is 23.9. The molecule has 1 saturated heterocycles. The molecular formula is C17H20ClN5O. The zero-order valence-corrected chi connectivity index (χ0v) is 14.3. The monoisotopic (exact) mass is 345 g/mol. The van der Waals surface area contributed by atoms with Gasteiger partial charge in [-0.1, -0.05) is 17.7 Å². The zero-order valence-electron chi connectivity index (χ0n) is 13.5. The number of hydrogen-bond donors (Lipinski definition) is 1. The van der Waals surface area contributed by atoms with Crippen molar-refractivity contribution in [2.75, 3.05) is 0 Å². The molecule has 1 N–H and O–H groups in total. The number of aromatic nitrogens is 3. The lowest BCUT2D eigenvalue weighted by molar-refractivity contribution is -0.129. The molecule has 1 saturated carbocycles. The third-order valence-electron chi connectivity index (χ3n) is 4.88. The van der Waals surface area contributed by atoms with E-state index in [9.17, 15) is 4.79 Å². The molecule has 2 atom stereocenters. The molecule has 1 aliphatic carbocycles. The first-order valence-electron chi connectivity index (χ1n) is 8.25. The molecule has 1 amide bonds. The molecule has 6 nitrogen and oxygen atoms in total. The minimum absolute atomic E-state index is 0.0365. The summed E-state index contributed by atoms with van der Waals surface area (Å²) < 4.78 is 1.85. The maximum atomic E-state index is 12.6. The van der Waals surface area contributed by atoms with Crippen molar-refractivity contribution >= 4 is 17.5 Å². The van der Waals surface area contributed by atoms with Gasteiger partial charge in [0.25, 0.3) is 0 Å². The van der Waals surface area contributed by atoms with E-state index in [1.54, 1.807) is 12.4 Å². The van der Waals surface area contributed by atoms with Gasteiger partial charge in [-0.3, -0.25) is 9.78 Å². The fourth-order valence-corrected chi connectivity index (χ4v) is 3.62. The van der Waals surface area contributed by atoms with Crippen LogP contribution in [0, 0.1) is 0 Å². The maximum Gasteiger partial charge on any atom is 0.225 e. The highest BCUT2D eigenvalue weighted by molar-refractivity contribution is 6.29. The average Bonchev–Trinajstić information content (AvgIpc) is 3.31. The van der Waals surface area contributed by atoms with Crippen LogP contribution in [0.4, 0.5) is 0 Å². The minimum atomic E-state index is 0.0365. The van der Waals surface area contributed by atoms with Crippen LogP contribution in [-0.4, -0.2) is 37.4 Å². The molecule has 2 aromatic rings. The molecule has 1 aliphatic heterocycles. The Morgan fingerprint density at radius 3 is 2.83 bits per heavy atom. The van der Waals surface area contributed by atoms with Gasteiger partial charge < -0.3 is 14.8 Å². The molecule has 0 spiro atoms. The quantitative estimate of drug-likeness (QED) is 0.901. The molecule has 0 bridgehead atoms. The van der Waals surface area contributed by atoms with Crippen LogP contribution in [0.3, 0.4) is 0 Å². The van der Waals surface area contributed by atoms with Crippen LogP contribution in [0.1, 0.15) is 36.7 Å². The lowest BCUT2D eigenvalue weighted by Gasteiger charge is -2.29. The van der Waals surface area contributed by atoms with Gasteiger partial charge in [-0.15, -0.1) is 0 Å². The number of nitrogens with one attached hydrogen (secondary N) is 1. The Morgan fingerprint density at radius 1 is 1.38 bits per heavy atom. The number of likely N-dealkylation sites (tertiary alicyclic amines) is 1. The van der Waals surface area contributed by atoms with E-state index in [0.29, 0.717) is 24.2 Å². The number of carbonyl (C=O) groups is 1. The highest BCUT2D eigenvalue weighted by Crippen LogP contribution is 2.41. The lowest BCUT2D eigenvalue weighted by Crippen LogP contribution is -2.37. The molecule has 3 heterocycles. The van der Waals surface area contributed by atoms with Crippen molar-refractivity contribution < 1.29 is 4.79 Å². The molecule has 0 aromatic carbocycles. The standard InChI is InChI=1S/C17H20ClN5O/c1-22-14(18)9-21-15(22)10-20-13-7-16(24)23(12-4-5-12)17(13)11-3-2-6-19-8-11/h2-3,6,8-9,12-13,17,20H,4-5,7,10H2,1H3/t13-,17+/m1/s1. The van der Waals surface area contributed by atoms with Gasteiger partial charge in [0.15, 0.2) is 0 Å². The summed E-state index contributed by atoms with van der Waals surface area (Å²) in [4.78, 5) is 23.2. The second kappa shape index (κ2) is 6.18. The number of hydrogen-bond acceptors (Lipinski definition) is 4. The summed E-state index contributed by atoms with van der Waals surface area (Å²) >= 11 is 6.05. The molecule has 7 heteroatoms. The topological polar surface area (TPSA) is 63.1 Å². The molecule has 0 radical (unpaired) electrons. The first-order valence-corrected chi connectivity index (χ1v) is 8.63. The van der Waals surface area contributed by atoms with Crippen LogP contribution in [0.2, 0.25) is 5.15 Å². The van der Waals surface area contributed by atoms with Gasteiger partial charge in [-0.2, -0.15) is 0 Å². The predicted octanol–water partition coefficient (Wildman–Crippen LogP) is 2.06. The second-order valence-corrected chi connectivity index (χ2v) is 6.90. The van der Waals surface area contributed by atoms with Gasteiger partial charge in [-0.05, 0) is 24.5 Å². The van der Waals surface area contributed by atoms with Gasteiger partial charge in [-0.25, -0.2) is 4.98 Å². The highest BCUT2D eigenvalue weighted by atomic mass is 35.5. The van der Waals surface area contributed by atoms with Gasteiger partial charge in [0, 0.05) is 37.9 Å². The summed E-state index contributed by atoms with van der Waals surface area (Å²) in [5, 5.41) is 4.12. The third-order valence-corrected chi connectivity index (χ3v) is 5.23. The molecule has 2 aliphatic rings.